The molecule has 0 saturated carbocycles. The molecule has 6 heteroatoms. The maximum absolute atomic E-state index is 12.1. The monoisotopic (exact) mass is 344 g/mol. The topological polar surface area (TPSA) is 57.3 Å². The van der Waals surface area contributed by atoms with Gasteiger partial charge in [-0.05, 0) is 18.1 Å². The number of nitrogens with one attached hydrogen (secondary N) is 2. The Morgan fingerprint density at radius 3 is 3.04 bits per heavy atom. The van der Waals surface area contributed by atoms with E-state index in [-0.39, 0.29) is 11.9 Å². The Hall–Kier alpha value is -2.08. The zero-order valence-electron chi connectivity index (χ0n) is 14.2. The number of anilines is 1. The first-order valence-corrected chi connectivity index (χ1v) is 9.24. The smallest absolute Gasteiger partial charge is 0.314 e. The lowest BCUT2D eigenvalue weighted by atomic mass is 9.90. The molecule has 5 nitrogen and oxygen atoms in total. The van der Waals surface area contributed by atoms with Gasteiger partial charge in [0.15, 0.2) is 0 Å². The molecule has 0 bridgehead atoms. The first-order valence-electron chi connectivity index (χ1n) is 8.36. The van der Waals surface area contributed by atoms with Crippen molar-refractivity contribution in [2.24, 2.45) is 0 Å². The van der Waals surface area contributed by atoms with Gasteiger partial charge in [0.05, 0.1) is 5.01 Å². The SMILES string of the molecule is CC(CNC(=O)NCC1CCN(C)c2ccccc21)c1nccs1. The van der Waals surface area contributed by atoms with E-state index in [0.717, 1.165) is 18.0 Å². The lowest BCUT2D eigenvalue weighted by Gasteiger charge is -2.33. The van der Waals surface area contributed by atoms with Gasteiger partial charge >= 0.3 is 6.03 Å². The molecule has 2 heterocycles. The van der Waals surface area contributed by atoms with Crippen LogP contribution in [-0.4, -0.2) is 37.7 Å². The summed E-state index contributed by atoms with van der Waals surface area (Å²) < 4.78 is 0. The molecule has 0 saturated heterocycles. The maximum atomic E-state index is 12.1. The molecule has 2 N–H and O–H groups in total. The van der Waals surface area contributed by atoms with E-state index in [9.17, 15) is 4.79 Å². The Morgan fingerprint density at radius 2 is 2.25 bits per heavy atom. The van der Waals surface area contributed by atoms with Crippen LogP contribution in [-0.2, 0) is 0 Å². The summed E-state index contributed by atoms with van der Waals surface area (Å²) in [7, 11) is 2.12. The molecule has 1 aliphatic heterocycles. The fraction of sp³-hybridized carbons (Fsp3) is 0.444. The van der Waals surface area contributed by atoms with Crippen LogP contribution in [0.4, 0.5) is 10.5 Å². The van der Waals surface area contributed by atoms with Gasteiger partial charge in [0.1, 0.15) is 0 Å². The molecule has 2 amide bonds. The van der Waals surface area contributed by atoms with Gasteiger partial charge in [-0.3, -0.25) is 0 Å². The highest BCUT2D eigenvalue weighted by molar-refractivity contribution is 7.09. The molecule has 1 aliphatic rings. The van der Waals surface area contributed by atoms with Crippen LogP contribution in [0.1, 0.15) is 35.8 Å². The zero-order valence-corrected chi connectivity index (χ0v) is 15.0. The van der Waals surface area contributed by atoms with Crippen LogP contribution in [0, 0.1) is 0 Å². The average Bonchev–Trinajstić information content (AvgIpc) is 3.14. The number of carbonyl (C=O) groups excluding carboxylic acids is 1. The summed E-state index contributed by atoms with van der Waals surface area (Å²) in [6.45, 7) is 4.37. The highest BCUT2D eigenvalue weighted by Gasteiger charge is 2.23. The number of urea groups is 1. The van der Waals surface area contributed by atoms with E-state index in [0.29, 0.717) is 19.0 Å². The predicted molar refractivity (Wildman–Crippen MR) is 99.0 cm³/mol. The summed E-state index contributed by atoms with van der Waals surface area (Å²) in [6, 6.07) is 8.35. The third-order valence-corrected chi connectivity index (χ3v) is 5.56. The summed E-state index contributed by atoms with van der Waals surface area (Å²) >= 11 is 1.62. The summed E-state index contributed by atoms with van der Waals surface area (Å²) in [6.07, 6.45) is 2.86. The number of benzene rings is 1. The first kappa shape index (κ1) is 16.8. The van der Waals surface area contributed by atoms with Crippen molar-refractivity contribution in [3.63, 3.8) is 0 Å². The minimum atomic E-state index is -0.102. The van der Waals surface area contributed by atoms with E-state index in [1.807, 2.05) is 5.38 Å². The summed E-state index contributed by atoms with van der Waals surface area (Å²) in [5.41, 5.74) is 2.59. The molecule has 128 valence electrons. The van der Waals surface area contributed by atoms with E-state index >= 15 is 0 Å². The molecular weight excluding hydrogens is 320 g/mol. The van der Waals surface area contributed by atoms with Crippen molar-refractivity contribution in [1.29, 1.82) is 0 Å². The van der Waals surface area contributed by atoms with Crippen molar-refractivity contribution >= 4 is 23.1 Å². The van der Waals surface area contributed by atoms with Crippen molar-refractivity contribution in [3.05, 3.63) is 46.4 Å². The van der Waals surface area contributed by atoms with Crippen LogP contribution in [0.2, 0.25) is 0 Å². The lowest BCUT2D eigenvalue weighted by molar-refractivity contribution is 0.239. The molecule has 1 aromatic carbocycles. The van der Waals surface area contributed by atoms with E-state index in [4.69, 9.17) is 0 Å². The minimum Gasteiger partial charge on any atom is -0.374 e. The van der Waals surface area contributed by atoms with Gasteiger partial charge in [0.2, 0.25) is 0 Å². The van der Waals surface area contributed by atoms with Crippen LogP contribution in [0.25, 0.3) is 0 Å². The number of para-hydroxylation sites is 1. The largest absolute Gasteiger partial charge is 0.374 e. The van der Waals surface area contributed by atoms with Crippen molar-refractivity contribution in [3.8, 4) is 0 Å². The summed E-state index contributed by atoms with van der Waals surface area (Å²) in [5, 5.41) is 8.99. The summed E-state index contributed by atoms with van der Waals surface area (Å²) in [4.78, 5) is 18.7. The summed E-state index contributed by atoms with van der Waals surface area (Å²) in [5.74, 6) is 0.611. The molecule has 0 fully saturated rings. The third kappa shape index (κ3) is 3.87. The number of aromatic nitrogens is 1. The second-order valence-corrected chi connectivity index (χ2v) is 7.25. The number of fused-ring (bicyclic) bond motifs is 1. The highest BCUT2D eigenvalue weighted by atomic mass is 32.1. The Bertz CT molecular complexity index is 673. The van der Waals surface area contributed by atoms with Crippen molar-refractivity contribution in [2.75, 3.05) is 31.6 Å². The van der Waals surface area contributed by atoms with E-state index in [2.05, 4.69) is 58.8 Å². The van der Waals surface area contributed by atoms with Gasteiger partial charge < -0.3 is 15.5 Å². The fourth-order valence-corrected chi connectivity index (χ4v) is 3.81. The quantitative estimate of drug-likeness (QED) is 0.876. The molecule has 3 rings (SSSR count). The van der Waals surface area contributed by atoms with E-state index < -0.39 is 0 Å². The second kappa shape index (κ2) is 7.66. The first-order chi connectivity index (χ1) is 11.6. The molecule has 0 aliphatic carbocycles. The number of amides is 2. The molecule has 2 atom stereocenters. The van der Waals surface area contributed by atoms with Crippen LogP contribution in [0.3, 0.4) is 0 Å². The van der Waals surface area contributed by atoms with Gasteiger partial charge in [0.25, 0.3) is 0 Å². The highest BCUT2D eigenvalue weighted by Crippen LogP contribution is 2.33. The van der Waals surface area contributed by atoms with E-state index in [1.54, 1.807) is 17.5 Å². The van der Waals surface area contributed by atoms with Crippen LogP contribution >= 0.6 is 11.3 Å². The minimum absolute atomic E-state index is 0.102. The fourth-order valence-electron chi connectivity index (χ4n) is 3.11. The second-order valence-electron chi connectivity index (χ2n) is 6.33. The zero-order chi connectivity index (χ0) is 16.9. The molecule has 0 radical (unpaired) electrons. The standard InChI is InChI=1S/C18H24N4OS/c1-13(17-19-8-10-24-17)11-20-18(23)21-12-14-7-9-22(2)16-6-4-3-5-15(14)16/h3-6,8,10,13-14H,7,9,11-12H2,1-2H3,(H2,20,21,23). The number of hydrogen-bond acceptors (Lipinski definition) is 4. The number of nitrogens with zero attached hydrogens (tertiary/aromatic N) is 2. The van der Waals surface area contributed by atoms with Crippen LogP contribution in [0.15, 0.2) is 35.8 Å². The molecule has 2 unspecified atom stereocenters. The Balaban J connectivity index is 1.49. The van der Waals surface area contributed by atoms with Crippen molar-refractivity contribution in [1.82, 2.24) is 15.6 Å². The van der Waals surface area contributed by atoms with Gasteiger partial charge in [-0.25, -0.2) is 9.78 Å². The predicted octanol–water partition coefficient (Wildman–Crippen LogP) is 3.17. The molecular formula is C18H24N4OS. The van der Waals surface area contributed by atoms with Gasteiger partial charge in [-0.2, -0.15) is 0 Å². The van der Waals surface area contributed by atoms with Crippen LogP contribution < -0.4 is 15.5 Å². The number of carbonyl (C=O) groups is 1. The van der Waals surface area contributed by atoms with Crippen LogP contribution in [0.5, 0.6) is 0 Å². The number of rotatable bonds is 5. The number of thiazole rings is 1. The number of hydrogen-bond donors (Lipinski definition) is 2. The molecule has 2 aromatic rings. The van der Waals surface area contributed by atoms with Crippen molar-refractivity contribution in [2.45, 2.75) is 25.2 Å². The molecule has 0 spiro atoms. The molecule has 1 aromatic heterocycles. The lowest BCUT2D eigenvalue weighted by Crippen LogP contribution is -2.40. The van der Waals surface area contributed by atoms with Gasteiger partial charge in [0, 0.05) is 55.8 Å². The Morgan fingerprint density at radius 1 is 1.42 bits per heavy atom. The third-order valence-electron chi connectivity index (χ3n) is 4.55. The van der Waals surface area contributed by atoms with Gasteiger partial charge in [-0.1, -0.05) is 25.1 Å². The Labute approximate surface area is 147 Å². The van der Waals surface area contributed by atoms with E-state index in [1.165, 1.54) is 11.3 Å². The maximum Gasteiger partial charge on any atom is 0.314 e. The van der Waals surface area contributed by atoms with Gasteiger partial charge in [-0.15, -0.1) is 11.3 Å². The Kier molecular flexibility index (Phi) is 5.35. The molecule has 24 heavy (non-hydrogen) atoms. The van der Waals surface area contributed by atoms with Crippen molar-refractivity contribution < 1.29 is 4.79 Å². The normalized spacial score (nSPS) is 17.9. The average molecular weight is 344 g/mol.